The van der Waals surface area contributed by atoms with Crippen LogP contribution in [0.25, 0.3) is 11.1 Å². The van der Waals surface area contributed by atoms with Crippen LogP contribution in [0.5, 0.6) is 0 Å². The number of aryl methyl sites for hydroxylation is 1. The lowest BCUT2D eigenvalue weighted by Gasteiger charge is -2.27. The van der Waals surface area contributed by atoms with E-state index in [0.717, 1.165) is 48.1 Å². The third-order valence-electron chi connectivity index (χ3n) is 5.59. The first-order chi connectivity index (χ1) is 13.1. The van der Waals surface area contributed by atoms with Gasteiger partial charge in [-0.1, -0.05) is 30.3 Å². The zero-order chi connectivity index (χ0) is 18.8. The fourth-order valence-electron chi connectivity index (χ4n) is 4.00. The number of hydrogen-bond donors (Lipinski definition) is 0. The van der Waals surface area contributed by atoms with Crippen molar-refractivity contribution in [1.82, 2.24) is 4.90 Å². The van der Waals surface area contributed by atoms with E-state index in [1.807, 2.05) is 43.4 Å². The van der Waals surface area contributed by atoms with Crippen molar-refractivity contribution in [3.8, 4) is 11.1 Å². The Labute approximate surface area is 160 Å². The molecule has 27 heavy (non-hydrogen) atoms. The number of rotatable bonds is 4. The number of likely N-dealkylation sites (N-methyl/N-ethyl adjacent to an activating group) is 1. The molecule has 0 spiro atoms. The third-order valence-corrected chi connectivity index (χ3v) is 5.59. The van der Waals surface area contributed by atoms with Gasteiger partial charge in [-0.25, -0.2) is 0 Å². The summed E-state index contributed by atoms with van der Waals surface area (Å²) in [5.74, 6) is 0.262. The second kappa shape index (κ2) is 7.65. The average Bonchev–Trinajstić information content (AvgIpc) is 3.08. The summed E-state index contributed by atoms with van der Waals surface area (Å²) in [6.07, 6.45) is 4.91. The Morgan fingerprint density at radius 2 is 1.85 bits per heavy atom. The highest BCUT2D eigenvalue weighted by Gasteiger charge is 2.21. The maximum atomic E-state index is 12.7. The number of nitrogens with zero attached hydrogens (tertiary/aromatic N) is 1. The molecule has 0 unspecified atom stereocenters. The SMILES string of the molecule is CN(C[C@@H]1CCCCO1)C(=O)c1ccc(-c2ccc3c(c2)CCC3=O)cc1. The van der Waals surface area contributed by atoms with Gasteiger partial charge in [-0.05, 0) is 54.5 Å². The lowest BCUT2D eigenvalue weighted by Crippen LogP contribution is -2.37. The Morgan fingerprint density at radius 3 is 2.59 bits per heavy atom. The van der Waals surface area contributed by atoms with E-state index in [0.29, 0.717) is 18.5 Å². The Hall–Kier alpha value is -2.46. The highest BCUT2D eigenvalue weighted by Crippen LogP contribution is 2.28. The fraction of sp³-hybridized carbons (Fsp3) is 0.391. The number of carbonyl (C=O) groups is 2. The number of ether oxygens (including phenoxy) is 1. The van der Waals surface area contributed by atoms with Crippen LogP contribution in [0.2, 0.25) is 0 Å². The molecule has 0 N–H and O–H groups in total. The van der Waals surface area contributed by atoms with Crippen LogP contribution >= 0.6 is 0 Å². The lowest BCUT2D eigenvalue weighted by molar-refractivity contribution is -0.000187. The Morgan fingerprint density at radius 1 is 1.07 bits per heavy atom. The zero-order valence-electron chi connectivity index (χ0n) is 15.7. The molecule has 4 rings (SSSR count). The zero-order valence-corrected chi connectivity index (χ0v) is 15.7. The van der Waals surface area contributed by atoms with E-state index in [1.165, 1.54) is 6.42 Å². The van der Waals surface area contributed by atoms with Crippen molar-refractivity contribution >= 4 is 11.7 Å². The predicted molar refractivity (Wildman–Crippen MR) is 105 cm³/mol. The molecule has 4 nitrogen and oxygen atoms in total. The minimum atomic E-state index is 0.0234. The number of ketones is 1. The molecule has 1 aliphatic carbocycles. The average molecular weight is 363 g/mol. The summed E-state index contributed by atoms with van der Waals surface area (Å²) in [4.78, 5) is 26.2. The molecule has 1 saturated heterocycles. The Bertz CT molecular complexity index is 850. The molecular formula is C23H25NO3. The molecule has 2 aromatic carbocycles. The van der Waals surface area contributed by atoms with E-state index in [1.54, 1.807) is 4.90 Å². The van der Waals surface area contributed by atoms with Gasteiger partial charge in [0.25, 0.3) is 5.91 Å². The molecule has 0 aromatic heterocycles. The van der Waals surface area contributed by atoms with Crippen LogP contribution in [0.15, 0.2) is 42.5 Å². The molecule has 1 amide bonds. The van der Waals surface area contributed by atoms with Crippen LogP contribution in [-0.2, 0) is 11.2 Å². The highest BCUT2D eigenvalue weighted by atomic mass is 16.5. The normalized spacial score (nSPS) is 19.0. The van der Waals surface area contributed by atoms with Crippen LogP contribution < -0.4 is 0 Å². The van der Waals surface area contributed by atoms with Gasteiger partial charge >= 0.3 is 0 Å². The Kier molecular flexibility index (Phi) is 5.08. The minimum Gasteiger partial charge on any atom is -0.376 e. The summed E-state index contributed by atoms with van der Waals surface area (Å²) in [6, 6.07) is 13.8. The van der Waals surface area contributed by atoms with E-state index in [-0.39, 0.29) is 17.8 Å². The van der Waals surface area contributed by atoms with E-state index in [9.17, 15) is 9.59 Å². The summed E-state index contributed by atoms with van der Waals surface area (Å²) in [6.45, 7) is 1.44. The van der Waals surface area contributed by atoms with Gasteiger partial charge in [0, 0.05) is 37.7 Å². The Balaban J connectivity index is 1.45. The van der Waals surface area contributed by atoms with Crippen LogP contribution in [0.1, 0.15) is 52.0 Å². The van der Waals surface area contributed by atoms with Gasteiger partial charge in [-0.15, -0.1) is 0 Å². The van der Waals surface area contributed by atoms with E-state index in [4.69, 9.17) is 4.74 Å². The smallest absolute Gasteiger partial charge is 0.253 e. The topological polar surface area (TPSA) is 46.6 Å². The molecule has 0 saturated carbocycles. The van der Waals surface area contributed by atoms with Gasteiger partial charge in [-0.3, -0.25) is 9.59 Å². The van der Waals surface area contributed by atoms with Gasteiger partial charge in [-0.2, -0.15) is 0 Å². The molecular weight excluding hydrogens is 338 g/mol. The van der Waals surface area contributed by atoms with Crippen molar-refractivity contribution in [1.29, 1.82) is 0 Å². The first-order valence-corrected chi connectivity index (χ1v) is 9.75. The van der Waals surface area contributed by atoms with Gasteiger partial charge in [0.15, 0.2) is 5.78 Å². The molecule has 140 valence electrons. The maximum absolute atomic E-state index is 12.7. The monoisotopic (exact) mass is 363 g/mol. The first-order valence-electron chi connectivity index (χ1n) is 9.75. The van der Waals surface area contributed by atoms with Crippen molar-refractivity contribution in [3.63, 3.8) is 0 Å². The second-order valence-electron chi connectivity index (χ2n) is 7.55. The molecule has 0 radical (unpaired) electrons. The minimum absolute atomic E-state index is 0.0234. The van der Waals surface area contributed by atoms with Gasteiger partial charge in [0.2, 0.25) is 0 Å². The van der Waals surface area contributed by atoms with Gasteiger partial charge < -0.3 is 9.64 Å². The van der Waals surface area contributed by atoms with Gasteiger partial charge in [0.05, 0.1) is 6.10 Å². The molecule has 1 aliphatic heterocycles. The van der Waals surface area contributed by atoms with Crippen molar-refractivity contribution in [2.75, 3.05) is 20.2 Å². The summed E-state index contributed by atoms with van der Waals surface area (Å²) in [5, 5.41) is 0. The van der Waals surface area contributed by atoms with Crippen molar-refractivity contribution in [3.05, 3.63) is 59.2 Å². The number of Topliss-reactive ketones (excluding diaryl/α,β-unsaturated/α-hetero) is 1. The van der Waals surface area contributed by atoms with E-state index in [2.05, 4.69) is 6.07 Å². The quantitative estimate of drug-likeness (QED) is 0.821. The number of carbonyl (C=O) groups excluding carboxylic acids is 2. The van der Waals surface area contributed by atoms with Crippen molar-refractivity contribution in [2.45, 2.75) is 38.2 Å². The van der Waals surface area contributed by atoms with Crippen molar-refractivity contribution in [2.24, 2.45) is 0 Å². The summed E-state index contributed by atoms with van der Waals surface area (Å²) in [5.41, 5.74) is 4.83. The number of benzene rings is 2. The van der Waals surface area contributed by atoms with Crippen LogP contribution in [0.3, 0.4) is 0 Å². The summed E-state index contributed by atoms with van der Waals surface area (Å²) < 4.78 is 5.74. The first kappa shape index (κ1) is 17.9. The number of fused-ring (bicyclic) bond motifs is 1. The molecule has 1 heterocycles. The van der Waals surface area contributed by atoms with Crippen LogP contribution in [-0.4, -0.2) is 42.9 Å². The second-order valence-corrected chi connectivity index (χ2v) is 7.55. The summed E-state index contributed by atoms with van der Waals surface area (Å²) in [7, 11) is 1.84. The lowest BCUT2D eigenvalue weighted by atomic mass is 9.99. The largest absolute Gasteiger partial charge is 0.376 e. The van der Waals surface area contributed by atoms with E-state index < -0.39 is 0 Å². The number of hydrogen-bond acceptors (Lipinski definition) is 3. The molecule has 2 aliphatic rings. The molecule has 0 bridgehead atoms. The molecule has 1 atom stereocenters. The molecule has 2 aromatic rings. The fourth-order valence-corrected chi connectivity index (χ4v) is 4.00. The maximum Gasteiger partial charge on any atom is 0.253 e. The van der Waals surface area contributed by atoms with E-state index >= 15 is 0 Å². The highest BCUT2D eigenvalue weighted by molar-refractivity contribution is 6.01. The van der Waals surface area contributed by atoms with Crippen LogP contribution in [0.4, 0.5) is 0 Å². The molecule has 4 heteroatoms. The standard InChI is InChI=1S/C23H25NO3/c1-24(15-20-4-2-3-13-27-20)23(26)17-7-5-16(6-8-17)18-9-11-21-19(14-18)10-12-22(21)25/h5-9,11,14,20H,2-4,10,12-13,15H2,1H3/t20-/m0/s1. The number of amides is 1. The predicted octanol–water partition coefficient (Wildman–Crippen LogP) is 4.12. The third kappa shape index (κ3) is 3.81. The summed E-state index contributed by atoms with van der Waals surface area (Å²) >= 11 is 0. The molecule has 1 fully saturated rings. The van der Waals surface area contributed by atoms with Gasteiger partial charge in [0.1, 0.15) is 0 Å². The van der Waals surface area contributed by atoms with Crippen molar-refractivity contribution < 1.29 is 14.3 Å². The van der Waals surface area contributed by atoms with Crippen LogP contribution in [0, 0.1) is 0 Å².